The lowest BCUT2D eigenvalue weighted by atomic mass is 10.1. The van der Waals surface area contributed by atoms with E-state index in [0.717, 1.165) is 9.87 Å². The van der Waals surface area contributed by atoms with E-state index in [4.69, 9.17) is 4.74 Å². The lowest BCUT2D eigenvalue weighted by Gasteiger charge is -2.29. The van der Waals surface area contributed by atoms with Crippen LogP contribution in [0.25, 0.3) is 0 Å². The first-order valence-electron chi connectivity index (χ1n) is 10.6. The summed E-state index contributed by atoms with van der Waals surface area (Å²) in [4.78, 5) is 27.9. The first-order valence-corrected chi connectivity index (χ1v) is 12.0. The third kappa shape index (κ3) is 4.27. The van der Waals surface area contributed by atoms with Gasteiger partial charge in [0.05, 0.1) is 18.6 Å². The quantitative estimate of drug-likeness (QED) is 0.576. The standard InChI is InChI=1S/C25H24N2O6S/c1-17-7-3-5-9-21(17)24(29)26-16-23(25(30)33-2)27(15-18-8-4-6-10-22(18)26)34(31,32)20-13-11-19(28)12-14-20/h3-14,23,28H,15-16H2,1-2H3. The van der Waals surface area contributed by atoms with E-state index in [1.54, 1.807) is 36.4 Å². The molecule has 34 heavy (non-hydrogen) atoms. The molecule has 0 bridgehead atoms. The van der Waals surface area contributed by atoms with Crippen molar-refractivity contribution >= 4 is 27.6 Å². The number of rotatable bonds is 4. The maximum atomic E-state index is 13.6. The largest absolute Gasteiger partial charge is 0.508 e. The van der Waals surface area contributed by atoms with Crippen LogP contribution in [0, 0.1) is 6.92 Å². The lowest BCUT2D eigenvalue weighted by molar-refractivity contribution is -0.144. The Balaban J connectivity index is 1.86. The number of esters is 1. The number of aryl methyl sites for hydroxylation is 1. The number of aromatic hydroxyl groups is 1. The lowest BCUT2D eigenvalue weighted by Crippen LogP contribution is -2.50. The van der Waals surface area contributed by atoms with Gasteiger partial charge in [0.15, 0.2) is 0 Å². The van der Waals surface area contributed by atoms with Crippen LogP contribution in [-0.4, -0.2) is 49.4 Å². The fraction of sp³-hybridized carbons (Fsp3) is 0.200. The number of methoxy groups -OCH3 is 1. The number of carbonyl (C=O) groups is 2. The Kier molecular flexibility index (Phi) is 6.41. The molecule has 1 heterocycles. The van der Waals surface area contributed by atoms with Crippen LogP contribution in [0.3, 0.4) is 0 Å². The van der Waals surface area contributed by atoms with E-state index in [9.17, 15) is 23.1 Å². The number of carbonyl (C=O) groups excluding carboxylic acids is 2. The van der Waals surface area contributed by atoms with Crippen LogP contribution in [0.1, 0.15) is 21.5 Å². The van der Waals surface area contributed by atoms with Crippen molar-refractivity contribution in [3.63, 3.8) is 0 Å². The van der Waals surface area contributed by atoms with Crippen molar-refractivity contribution in [3.05, 3.63) is 89.5 Å². The average Bonchev–Trinajstić information content (AvgIpc) is 3.01. The molecule has 0 radical (unpaired) electrons. The van der Waals surface area contributed by atoms with Gasteiger partial charge in [-0.25, -0.2) is 8.42 Å². The number of phenolic OH excluding ortho intramolecular Hbond substituents is 1. The fourth-order valence-electron chi connectivity index (χ4n) is 4.03. The fourth-order valence-corrected chi connectivity index (χ4v) is 5.58. The highest BCUT2D eigenvalue weighted by Crippen LogP contribution is 2.33. The smallest absolute Gasteiger partial charge is 0.326 e. The molecule has 0 aromatic heterocycles. The first kappa shape index (κ1) is 23.5. The third-order valence-electron chi connectivity index (χ3n) is 5.85. The van der Waals surface area contributed by atoms with Crippen molar-refractivity contribution in [3.8, 4) is 5.75 Å². The van der Waals surface area contributed by atoms with Crippen molar-refractivity contribution in [1.29, 1.82) is 0 Å². The third-order valence-corrected chi connectivity index (χ3v) is 7.72. The summed E-state index contributed by atoms with van der Waals surface area (Å²) in [7, 11) is -3.01. The van der Waals surface area contributed by atoms with Gasteiger partial charge < -0.3 is 14.7 Å². The number of fused-ring (bicyclic) bond motifs is 1. The van der Waals surface area contributed by atoms with E-state index in [2.05, 4.69) is 0 Å². The van der Waals surface area contributed by atoms with Gasteiger partial charge in [0.2, 0.25) is 10.0 Å². The SMILES string of the molecule is COC(=O)C1CN(C(=O)c2ccccc2C)c2ccccc2CN1S(=O)(=O)c1ccc(O)cc1. The summed E-state index contributed by atoms with van der Waals surface area (Å²) in [5, 5.41) is 9.59. The molecule has 0 spiro atoms. The number of sulfonamides is 1. The topological polar surface area (TPSA) is 104 Å². The summed E-state index contributed by atoms with van der Waals surface area (Å²) in [5.74, 6) is -1.21. The van der Waals surface area contributed by atoms with Crippen molar-refractivity contribution in [1.82, 2.24) is 4.31 Å². The minimum Gasteiger partial charge on any atom is -0.508 e. The number of hydrogen-bond acceptors (Lipinski definition) is 6. The number of benzene rings is 3. The zero-order valence-corrected chi connectivity index (χ0v) is 19.5. The summed E-state index contributed by atoms with van der Waals surface area (Å²) in [5.41, 5.74) is 2.31. The molecule has 0 fully saturated rings. The molecule has 9 heteroatoms. The van der Waals surface area contributed by atoms with E-state index in [-0.39, 0.29) is 29.6 Å². The van der Waals surface area contributed by atoms with Crippen LogP contribution < -0.4 is 4.90 Å². The Morgan fingerprint density at radius 1 is 0.971 bits per heavy atom. The number of amides is 1. The molecule has 8 nitrogen and oxygen atoms in total. The molecule has 1 unspecified atom stereocenters. The first-order chi connectivity index (χ1) is 16.2. The van der Waals surface area contributed by atoms with E-state index in [1.807, 2.05) is 19.1 Å². The van der Waals surface area contributed by atoms with Gasteiger partial charge in [-0.3, -0.25) is 9.59 Å². The van der Waals surface area contributed by atoms with E-state index in [0.29, 0.717) is 16.8 Å². The normalized spacial score (nSPS) is 16.4. The summed E-state index contributed by atoms with van der Waals surface area (Å²) in [6.45, 7) is 1.45. The highest BCUT2D eigenvalue weighted by Gasteiger charge is 2.42. The monoisotopic (exact) mass is 480 g/mol. The minimum atomic E-state index is -4.19. The summed E-state index contributed by atoms with van der Waals surface area (Å²) >= 11 is 0. The van der Waals surface area contributed by atoms with Crippen molar-refractivity contribution in [2.75, 3.05) is 18.6 Å². The maximum absolute atomic E-state index is 13.6. The number of nitrogens with zero attached hydrogens (tertiary/aromatic N) is 2. The average molecular weight is 481 g/mol. The Labute approximate surface area is 198 Å². The zero-order valence-electron chi connectivity index (χ0n) is 18.7. The van der Waals surface area contributed by atoms with Crippen molar-refractivity contribution in [2.45, 2.75) is 24.4 Å². The molecule has 1 aliphatic heterocycles. The summed E-state index contributed by atoms with van der Waals surface area (Å²) in [6, 6.07) is 17.8. The molecule has 0 saturated carbocycles. The number of phenols is 1. The molecule has 1 atom stereocenters. The van der Waals surface area contributed by atoms with Gasteiger partial charge >= 0.3 is 5.97 Å². The van der Waals surface area contributed by atoms with E-state index in [1.165, 1.54) is 36.3 Å². The van der Waals surface area contributed by atoms with Crippen LogP contribution in [0.15, 0.2) is 77.7 Å². The Morgan fingerprint density at radius 3 is 2.29 bits per heavy atom. The second-order valence-corrected chi connectivity index (χ2v) is 9.83. The van der Waals surface area contributed by atoms with Gasteiger partial charge in [0, 0.05) is 17.8 Å². The van der Waals surface area contributed by atoms with Gasteiger partial charge in [0.1, 0.15) is 11.8 Å². The molecular formula is C25H24N2O6S. The highest BCUT2D eigenvalue weighted by molar-refractivity contribution is 7.89. The van der Waals surface area contributed by atoms with Crippen LogP contribution in [0.5, 0.6) is 5.75 Å². The number of para-hydroxylation sites is 1. The Bertz CT molecular complexity index is 1340. The Morgan fingerprint density at radius 2 is 1.62 bits per heavy atom. The number of ether oxygens (including phenoxy) is 1. The zero-order chi connectivity index (χ0) is 24.5. The van der Waals surface area contributed by atoms with Crippen LogP contribution in [-0.2, 0) is 26.1 Å². The molecule has 1 N–H and O–H groups in total. The van der Waals surface area contributed by atoms with Gasteiger partial charge in [-0.2, -0.15) is 4.31 Å². The van der Waals surface area contributed by atoms with Gasteiger partial charge in [-0.15, -0.1) is 0 Å². The summed E-state index contributed by atoms with van der Waals surface area (Å²) < 4.78 is 33.3. The van der Waals surface area contributed by atoms with Crippen LogP contribution >= 0.6 is 0 Å². The number of anilines is 1. The maximum Gasteiger partial charge on any atom is 0.326 e. The predicted molar refractivity (Wildman–Crippen MR) is 126 cm³/mol. The molecule has 1 aliphatic rings. The Hall–Kier alpha value is -3.69. The molecule has 3 aromatic rings. The molecule has 3 aromatic carbocycles. The van der Waals surface area contributed by atoms with Crippen molar-refractivity contribution in [2.24, 2.45) is 0 Å². The second kappa shape index (κ2) is 9.28. The van der Waals surface area contributed by atoms with Crippen LogP contribution in [0.2, 0.25) is 0 Å². The van der Waals surface area contributed by atoms with Gasteiger partial charge in [0.25, 0.3) is 5.91 Å². The molecule has 1 amide bonds. The molecule has 176 valence electrons. The van der Waals surface area contributed by atoms with Crippen LogP contribution in [0.4, 0.5) is 5.69 Å². The number of hydrogen-bond donors (Lipinski definition) is 1. The molecule has 0 saturated heterocycles. The predicted octanol–water partition coefficient (Wildman–Crippen LogP) is 3.09. The van der Waals surface area contributed by atoms with Gasteiger partial charge in [-0.05, 0) is 54.4 Å². The minimum absolute atomic E-state index is 0.0836. The highest BCUT2D eigenvalue weighted by atomic mass is 32.2. The van der Waals surface area contributed by atoms with Crippen molar-refractivity contribution < 1.29 is 27.9 Å². The molecular weight excluding hydrogens is 456 g/mol. The molecule has 4 rings (SSSR count). The van der Waals surface area contributed by atoms with E-state index < -0.39 is 22.0 Å². The van der Waals surface area contributed by atoms with E-state index >= 15 is 0 Å². The second-order valence-electron chi connectivity index (χ2n) is 7.94. The summed E-state index contributed by atoms with van der Waals surface area (Å²) in [6.07, 6.45) is 0. The molecule has 0 aliphatic carbocycles. The van der Waals surface area contributed by atoms with Gasteiger partial charge in [-0.1, -0.05) is 36.4 Å².